The van der Waals surface area contributed by atoms with E-state index in [9.17, 15) is 14.7 Å². The van der Waals surface area contributed by atoms with E-state index >= 15 is 0 Å². The Kier molecular flexibility index (Phi) is 44.0. The Morgan fingerprint density at radius 1 is 0.429 bits per heavy atom. The van der Waals surface area contributed by atoms with Gasteiger partial charge >= 0.3 is 11.9 Å². The van der Waals surface area contributed by atoms with Gasteiger partial charge in [-0.05, 0) is 77.0 Å². The van der Waals surface area contributed by atoms with Crippen LogP contribution >= 0.6 is 0 Å². The van der Waals surface area contributed by atoms with Crippen LogP contribution in [0.4, 0.5) is 0 Å². The number of unbranched alkanes of at least 4 members (excludes halogenated alkanes) is 19. The molecule has 0 bridgehead atoms. The number of esters is 2. The van der Waals surface area contributed by atoms with E-state index in [0.29, 0.717) is 12.8 Å². The maximum absolute atomic E-state index is 12.1. The molecule has 0 aromatic heterocycles. The highest BCUT2D eigenvalue weighted by Gasteiger charge is 2.15. The molecular weight excluding hydrogens is 693 g/mol. The summed E-state index contributed by atoms with van der Waals surface area (Å²) in [4.78, 5) is 24.3. The maximum Gasteiger partial charge on any atom is 0.306 e. The molecule has 1 atom stereocenters. The minimum atomic E-state index is -0.813. The topological polar surface area (TPSA) is 72.8 Å². The van der Waals surface area contributed by atoms with Crippen molar-refractivity contribution in [1.29, 1.82) is 0 Å². The van der Waals surface area contributed by atoms with Gasteiger partial charge in [0.25, 0.3) is 0 Å². The van der Waals surface area contributed by atoms with E-state index in [0.717, 1.165) is 57.8 Å². The molecule has 5 heteroatoms. The fourth-order valence-corrected chi connectivity index (χ4v) is 6.22. The number of carbonyl (C=O) groups excluding carboxylic acids is 2. The highest BCUT2D eigenvalue weighted by atomic mass is 16.6. The SMILES string of the molecule is CC/C=C\C/C=C\C/C=C\C/C=C\CCC(=O)OC(CO)COC(=O)CCCCCCCCCCCCCCCC/C=C\C/C=C\C/C=C\CCCCCCC. The number of rotatable bonds is 41. The van der Waals surface area contributed by atoms with Crippen LogP contribution in [0.2, 0.25) is 0 Å². The smallest absolute Gasteiger partial charge is 0.306 e. The van der Waals surface area contributed by atoms with Gasteiger partial charge in [-0.15, -0.1) is 0 Å². The number of aliphatic hydroxyl groups is 1. The third-order valence-corrected chi connectivity index (χ3v) is 9.69. The average molecular weight is 779 g/mol. The maximum atomic E-state index is 12.1. The quantitative estimate of drug-likeness (QED) is 0.0380. The molecule has 0 heterocycles. The van der Waals surface area contributed by atoms with Gasteiger partial charge in [0.15, 0.2) is 6.10 Å². The summed E-state index contributed by atoms with van der Waals surface area (Å²) in [6.07, 6.45) is 64.0. The van der Waals surface area contributed by atoms with Gasteiger partial charge < -0.3 is 14.6 Å². The first-order valence-electron chi connectivity index (χ1n) is 23.1. The summed E-state index contributed by atoms with van der Waals surface area (Å²) in [5.41, 5.74) is 0. The van der Waals surface area contributed by atoms with Crippen molar-refractivity contribution in [2.24, 2.45) is 0 Å². The van der Waals surface area contributed by atoms with E-state index in [1.165, 1.54) is 116 Å². The first kappa shape index (κ1) is 53.1. The Morgan fingerprint density at radius 2 is 0.804 bits per heavy atom. The average Bonchev–Trinajstić information content (AvgIpc) is 3.20. The summed E-state index contributed by atoms with van der Waals surface area (Å²) in [6.45, 7) is 3.94. The third-order valence-electron chi connectivity index (χ3n) is 9.69. The van der Waals surface area contributed by atoms with Gasteiger partial charge in [0.1, 0.15) is 6.61 Å². The summed E-state index contributed by atoms with van der Waals surface area (Å²) < 4.78 is 10.6. The molecule has 0 fully saturated rings. The Balaban J connectivity index is 3.54. The molecule has 0 aliphatic rings. The van der Waals surface area contributed by atoms with Gasteiger partial charge in [-0.2, -0.15) is 0 Å². The monoisotopic (exact) mass is 779 g/mol. The Bertz CT molecular complexity index is 1060. The molecule has 0 radical (unpaired) electrons. The highest BCUT2D eigenvalue weighted by Crippen LogP contribution is 2.14. The zero-order chi connectivity index (χ0) is 40.7. The van der Waals surface area contributed by atoms with Crippen molar-refractivity contribution in [3.05, 3.63) is 85.1 Å². The molecule has 0 amide bonds. The predicted octanol–water partition coefficient (Wildman–Crippen LogP) is 15.1. The number of hydrogen-bond acceptors (Lipinski definition) is 5. The van der Waals surface area contributed by atoms with Gasteiger partial charge in [0.2, 0.25) is 0 Å². The number of carbonyl (C=O) groups is 2. The molecule has 320 valence electrons. The summed E-state index contributed by atoms with van der Waals surface area (Å²) in [5, 5.41) is 9.56. The number of aliphatic hydroxyl groups excluding tert-OH is 1. The number of ether oxygens (including phenoxy) is 2. The summed E-state index contributed by atoms with van der Waals surface area (Å²) in [5.74, 6) is -0.689. The van der Waals surface area contributed by atoms with Gasteiger partial charge in [-0.3, -0.25) is 9.59 Å². The third kappa shape index (κ3) is 43.8. The normalized spacial score (nSPS) is 13.0. The van der Waals surface area contributed by atoms with Crippen molar-refractivity contribution in [3.8, 4) is 0 Å². The summed E-state index contributed by atoms with van der Waals surface area (Å²) in [6, 6.07) is 0. The van der Waals surface area contributed by atoms with Crippen molar-refractivity contribution in [1.82, 2.24) is 0 Å². The minimum absolute atomic E-state index is 0.0983. The number of hydrogen-bond donors (Lipinski definition) is 1. The molecule has 0 aromatic rings. The Morgan fingerprint density at radius 3 is 1.23 bits per heavy atom. The van der Waals surface area contributed by atoms with Crippen molar-refractivity contribution < 1.29 is 24.2 Å². The van der Waals surface area contributed by atoms with Crippen LogP contribution in [0.3, 0.4) is 0 Å². The molecule has 0 saturated heterocycles. The molecule has 0 rings (SSSR count). The second-order valence-corrected chi connectivity index (χ2v) is 15.1. The van der Waals surface area contributed by atoms with Crippen LogP contribution in [0.5, 0.6) is 0 Å². The van der Waals surface area contributed by atoms with Crippen LogP contribution in [0.1, 0.15) is 206 Å². The molecule has 0 aromatic carbocycles. The summed E-state index contributed by atoms with van der Waals surface area (Å²) >= 11 is 0. The lowest BCUT2D eigenvalue weighted by Gasteiger charge is -2.15. The fraction of sp³-hybridized carbons (Fsp3) is 0.686. The lowest BCUT2D eigenvalue weighted by molar-refractivity contribution is -0.161. The van der Waals surface area contributed by atoms with E-state index in [2.05, 4.69) is 86.8 Å². The first-order chi connectivity index (χ1) is 27.6. The molecule has 0 saturated carbocycles. The van der Waals surface area contributed by atoms with Crippen molar-refractivity contribution in [2.45, 2.75) is 213 Å². The van der Waals surface area contributed by atoms with E-state index in [-0.39, 0.29) is 25.6 Å². The van der Waals surface area contributed by atoms with Crippen molar-refractivity contribution in [3.63, 3.8) is 0 Å². The van der Waals surface area contributed by atoms with Crippen molar-refractivity contribution >= 4 is 11.9 Å². The molecule has 1 N–H and O–H groups in total. The molecule has 56 heavy (non-hydrogen) atoms. The molecule has 0 aliphatic carbocycles. The second-order valence-electron chi connectivity index (χ2n) is 15.1. The van der Waals surface area contributed by atoms with E-state index < -0.39 is 12.1 Å². The standard InChI is InChI=1S/C51H86O5/c1-3-5-7-9-11-13-15-17-18-19-20-21-22-23-24-25-26-27-28-29-30-31-32-34-35-37-39-41-43-45-50(53)55-48-49(47-52)56-51(54)46-44-42-40-38-36-33-16-14-12-10-8-6-4-2/h6,8,12,14-15,17,19-20,22-23,33,36,40,42,49,52H,3-5,7,9-11,13,16,18,21,24-32,34-35,37-39,41,43-48H2,1-2H3/b8-6-,14-12-,17-15-,20-19-,23-22-,36-33-,42-40-. The largest absolute Gasteiger partial charge is 0.462 e. The van der Waals surface area contributed by atoms with Crippen LogP contribution in [0, 0.1) is 0 Å². The minimum Gasteiger partial charge on any atom is -0.462 e. The fourth-order valence-electron chi connectivity index (χ4n) is 6.22. The Labute approximate surface area is 346 Å². The zero-order valence-electron chi connectivity index (χ0n) is 36.4. The first-order valence-corrected chi connectivity index (χ1v) is 23.1. The summed E-state index contributed by atoms with van der Waals surface area (Å²) in [7, 11) is 0. The van der Waals surface area contributed by atoms with E-state index in [1.807, 2.05) is 12.2 Å². The van der Waals surface area contributed by atoms with E-state index in [1.54, 1.807) is 0 Å². The predicted molar refractivity (Wildman–Crippen MR) is 242 cm³/mol. The van der Waals surface area contributed by atoms with E-state index in [4.69, 9.17) is 9.47 Å². The van der Waals surface area contributed by atoms with Gasteiger partial charge in [0, 0.05) is 12.8 Å². The zero-order valence-corrected chi connectivity index (χ0v) is 36.4. The van der Waals surface area contributed by atoms with Gasteiger partial charge in [-0.1, -0.05) is 202 Å². The highest BCUT2D eigenvalue weighted by molar-refractivity contribution is 5.70. The van der Waals surface area contributed by atoms with Crippen LogP contribution in [0.25, 0.3) is 0 Å². The number of allylic oxidation sites excluding steroid dienone is 14. The van der Waals surface area contributed by atoms with Gasteiger partial charge in [0.05, 0.1) is 6.61 Å². The van der Waals surface area contributed by atoms with Crippen LogP contribution < -0.4 is 0 Å². The van der Waals surface area contributed by atoms with Crippen LogP contribution in [-0.4, -0.2) is 36.4 Å². The molecule has 0 spiro atoms. The molecular formula is C51H86O5. The van der Waals surface area contributed by atoms with Gasteiger partial charge in [-0.25, -0.2) is 0 Å². The van der Waals surface area contributed by atoms with Crippen LogP contribution in [-0.2, 0) is 19.1 Å². The Hall–Kier alpha value is -2.92. The van der Waals surface area contributed by atoms with Crippen LogP contribution in [0.15, 0.2) is 85.1 Å². The lowest BCUT2D eigenvalue weighted by atomic mass is 10.0. The second kappa shape index (κ2) is 46.5. The lowest BCUT2D eigenvalue weighted by Crippen LogP contribution is -2.28. The van der Waals surface area contributed by atoms with Crippen molar-refractivity contribution in [2.75, 3.05) is 13.2 Å². The molecule has 1 unspecified atom stereocenters. The molecule has 5 nitrogen and oxygen atoms in total. The molecule has 0 aliphatic heterocycles.